The summed E-state index contributed by atoms with van der Waals surface area (Å²) in [7, 11) is 0. The molecule has 0 heterocycles. The van der Waals surface area contributed by atoms with Gasteiger partial charge in [0, 0.05) is 12.2 Å². The Morgan fingerprint density at radius 1 is 1.50 bits per heavy atom. The lowest BCUT2D eigenvalue weighted by Crippen LogP contribution is -2.07. The van der Waals surface area contributed by atoms with Gasteiger partial charge in [0.25, 0.3) is 0 Å². The number of thiol groups is 1. The molecule has 74 valence electrons. The molecular weight excluding hydrogens is 194 g/mol. The highest BCUT2D eigenvalue weighted by molar-refractivity contribution is 7.79. The highest BCUT2D eigenvalue weighted by Crippen LogP contribution is 2.09. The molecule has 0 unspecified atom stereocenters. The number of hydrogen-bond donors (Lipinski definition) is 2. The number of primary amides is 1. The lowest BCUT2D eigenvalue weighted by molar-refractivity contribution is -0.117. The molecule has 0 aromatic heterocycles. The molecule has 1 aromatic carbocycles. The molecule has 1 rings (SSSR count). The number of hydrogen-bond acceptors (Lipinski definition) is 2. The van der Waals surface area contributed by atoms with E-state index in [1.165, 1.54) is 0 Å². The van der Waals surface area contributed by atoms with E-state index in [2.05, 4.69) is 12.6 Å². The number of nitrogens with two attached hydrogens (primary N) is 1. The molecule has 0 spiro atoms. The second-order valence-electron chi connectivity index (χ2n) is 2.98. The van der Waals surface area contributed by atoms with Crippen molar-refractivity contribution in [2.24, 2.45) is 5.73 Å². The third-order valence-corrected chi connectivity index (χ3v) is 2.13. The predicted octanol–water partition coefficient (Wildman–Crippen LogP) is 2.00. The molecule has 0 saturated heterocycles. The smallest absolute Gasteiger partial charge is 0.221 e. The van der Waals surface area contributed by atoms with E-state index in [4.69, 9.17) is 5.73 Å². The highest BCUT2D eigenvalue weighted by Gasteiger charge is 1.91. The van der Waals surface area contributed by atoms with E-state index in [0.29, 0.717) is 0 Å². The van der Waals surface area contributed by atoms with Crippen LogP contribution in [0.3, 0.4) is 0 Å². The normalized spacial score (nSPS) is 10.6. The monoisotopic (exact) mass is 207 g/mol. The van der Waals surface area contributed by atoms with E-state index < -0.39 is 0 Å². The molecule has 0 aliphatic rings. The summed E-state index contributed by atoms with van der Waals surface area (Å²) in [4.78, 5) is 10.5. The van der Waals surface area contributed by atoms with Crippen molar-refractivity contribution in [2.75, 3.05) is 0 Å². The maximum absolute atomic E-state index is 10.5. The van der Waals surface area contributed by atoms with Gasteiger partial charge < -0.3 is 5.73 Å². The second kappa shape index (κ2) is 5.50. The van der Waals surface area contributed by atoms with Gasteiger partial charge in [0.1, 0.15) is 0 Å². The van der Waals surface area contributed by atoms with Crippen LogP contribution in [0.25, 0.3) is 6.08 Å². The Balaban J connectivity index is 2.66. The van der Waals surface area contributed by atoms with E-state index in [0.717, 1.165) is 16.9 Å². The maximum Gasteiger partial charge on any atom is 0.221 e. The van der Waals surface area contributed by atoms with Crippen LogP contribution in [0.2, 0.25) is 0 Å². The van der Waals surface area contributed by atoms with Gasteiger partial charge in [-0.25, -0.2) is 0 Å². The van der Waals surface area contributed by atoms with Gasteiger partial charge >= 0.3 is 0 Å². The van der Waals surface area contributed by atoms with Gasteiger partial charge in [0.05, 0.1) is 0 Å². The predicted molar refractivity (Wildman–Crippen MR) is 62.0 cm³/mol. The third kappa shape index (κ3) is 3.66. The first-order valence-electron chi connectivity index (χ1n) is 4.37. The SMILES string of the molecule is NC(=O)CC=Cc1cccc(CS)c1. The number of carbonyl (C=O) groups is 1. The summed E-state index contributed by atoms with van der Waals surface area (Å²) in [6.07, 6.45) is 3.93. The fourth-order valence-electron chi connectivity index (χ4n) is 1.11. The van der Waals surface area contributed by atoms with Crippen molar-refractivity contribution >= 4 is 24.6 Å². The lowest BCUT2D eigenvalue weighted by atomic mass is 10.1. The van der Waals surface area contributed by atoms with Crippen LogP contribution in [0, 0.1) is 0 Å². The molecule has 0 fully saturated rings. The van der Waals surface area contributed by atoms with Gasteiger partial charge in [-0.3, -0.25) is 4.79 Å². The molecule has 14 heavy (non-hydrogen) atoms. The molecule has 2 nitrogen and oxygen atoms in total. The molecule has 1 amide bonds. The van der Waals surface area contributed by atoms with Crippen LogP contribution in [0.5, 0.6) is 0 Å². The fraction of sp³-hybridized carbons (Fsp3) is 0.182. The molecule has 0 aliphatic heterocycles. The Morgan fingerprint density at radius 3 is 2.93 bits per heavy atom. The van der Waals surface area contributed by atoms with Crippen LogP contribution in [0.15, 0.2) is 30.3 Å². The lowest BCUT2D eigenvalue weighted by Gasteiger charge is -1.97. The van der Waals surface area contributed by atoms with Crippen LogP contribution in [0.4, 0.5) is 0 Å². The number of rotatable bonds is 4. The van der Waals surface area contributed by atoms with Crippen LogP contribution in [0.1, 0.15) is 17.5 Å². The Bertz CT molecular complexity index is 347. The Kier molecular flexibility index (Phi) is 4.26. The van der Waals surface area contributed by atoms with E-state index in [1.807, 2.05) is 30.3 Å². The van der Waals surface area contributed by atoms with Crippen molar-refractivity contribution in [3.05, 3.63) is 41.5 Å². The largest absolute Gasteiger partial charge is 0.369 e. The zero-order chi connectivity index (χ0) is 10.4. The summed E-state index contributed by atoms with van der Waals surface area (Å²) in [5, 5.41) is 0. The van der Waals surface area contributed by atoms with Gasteiger partial charge in [-0.2, -0.15) is 12.6 Å². The van der Waals surface area contributed by atoms with E-state index in [9.17, 15) is 4.79 Å². The summed E-state index contributed by atoms with van der Waals surface area (Å²) >= 11 is 4.18. The Hall–Kier alpha value is -1.22. The minimum Gasteiger partial charge on any atom is -0.369 e. The molecule has 0 atom stereocenters. The van der Waals surface area contributed by atoms with Gasteiger partial charge in [-0.15, -0.1) is 0 Å². The van der Waals surface area contributed by atoms with Crippen LogP contribution >= 0.6 is 12.6 Å². The Morgan fingerprint density at radius 2 is 2.29 bits per heavy atom. The number of benzene rings is 1. The molecule has 0 bridgehead atoms. The molecule has 0 saturated carbocycles. The van der Waals surface area contributed by atoms with Crippen molar-refractivity contribution in [3.8, 4) is 0 Å². The first-order valence-corrected chi connectivity index (χ1v) is 5.00. The van der Waals surface area contributed by atoms with E-state index in [-0.39, 0.29) is 12.3 Å². The van der Waals surface area contributed by atoms with Crippen LogP contribution in [-0.4, -0.2) is 5.91 Å². The fourth-order valence-corrected chi connectivity index (χ4v) is 1.30. The van der Waals surface area contributed by atoms with Crippen molar-refractivity contribution in [1.29, 1.82) is 0 Å². The van der Waals surface area contributed by atoms with Crippen molar-refractivity contribution in [3.63, 3.8) is 0 Å². The van der Waals surface area contributed by atoms with Crippen LogP contribution < -0.4 is 5.73 Å². The quantitative estimate of drug-likeness (QED) is 0.729. The zero-order valence-electron chi connectivity index (χ0n) is 7.81. The molecule has 0 radical (unpaired) electrons. The topological polar surface area (TPSA) is 43.1 Å². The average molecular weight is 207 g/mol. The van der Waals surface area contributed by atoms with Crippen molar-refractivity contribution in [1.82, 2.24) is 0 Å². The van der Waals surface area contributed by atoms with Crippen LogP contribution in [-0.2, 0) is 10.5 Å². The third-order valence-electron chi connectivity index (χ3n) is 1.76. The highest BCUT2D eigenvalue weighted by atomic mass is 32.1. The Labute approximate surface area is 89.2 Å². The summed E-state index contributed by atoms with van der Waals surface area (Å²) in [6.45, 7) is 0. The minimum atomic E-state index is -0.313. The maximum atomic E-state index is 10.5. The minimum absolute atomic E-state index is 0.283. The van der Waals surface area contributed by atoms with E-state index >= 15 is 0 Å². The molecule has 2 N–H and O–H groups in total. The number of amides is 1. The van der Waals surface area contributed by atoms with Gasteiger partial charge in [0.15, 0.2) is 0 Å². The summed E-state index contributed by atoms with van der Waals surface area (Å²) in [6, 6.07) is 7.99. The van der Waals surface area contributed by atoms with Crippen molar-refractivity contribution < 1.29 is 4.79 Å². The molecule has 1 aromatic rings. The van der Waals surface area contributed by atoms with Gasteiger partial charge in [-0.1, -0.05) is 36.4 Å². The van der Waals surface area contributed by atoms with Gasteiger partial charge in [0.2, 0.25) is 5.91 Å². The standard InChI is InChI=1S/C11H13NOS/c12-11(13)6-2-4-9-3-1-5-10(7-9)8-14/h1-5,7,14H,6,8H2,(H2,12,13). The summed E-state index contributed by atoms with van der Waals surface area (Å²) < 4.78 is 0. The second-order valence-corrected chi connectivity index (χ2v) is 3.29. The average Bonchev–Trinajstić information content (AvgIpc) is 2.18. The summed E-state index contributed by atoms with van der Waals surface area (Å²) in [5.74, 6) is 0.406. The van der Waals surface area contributed by atoms with Crippen molar-refractivity contribution in [2.45, 2.75) is 12.2 Å². The van der Waals surface area contributed by atoms with E-state index in [1.54, 1.807) is 6.08 Å². The van der Waals surface area contributed by atoms with Gasteiger partial charge in [-0.05, 0) is 11.1 Å². The molecular formula is C11H13NOS. The molecule has 3 heteroatoms. The summed E-state index contributed by atoms with van der Waals surface area (Å²) in [5.41, 5.74) is 7.24. The number of carbonyl (C=O) groups excluding carboxylic acids is 1. The molecule has 0 aliphatic carbocycles. The first kappa shape index (κ1) is 10.9. The zero-order valence-corrected chi connectivity index (χ0v) is 8.71. The first-order chi connectivity index (χ1) is 6.72.